The van der Waals surface area contributed by atoms with E-state index in [9.17, 15) is 9.90 Å². The van der Waals surface area contributed by atoms with Gasteiger partial charge in [-0.25, -0.2) is 0 Å². The third-order valence-electron chi connectivity index (χ3n) is 6.41. The molecule has 1 aromatic heterocycles. The zero-order valence-electron chi connectivity index (χ0n) is 19.7. The normalized spacial score (nSPS) is 17.4. The van der Waals surface area contributed by atoms with Crippen molar-refractivity contribution in [1.29, 1.82) is 0 Å². The number of esters is 1. The highest BCUT2D eigenvalue weighted by molar-refractivity contribution is 5.69. The average molecular weight is 456 g/mol. The molecule has 1 saturated carbocycles. The number of hydrogen-bond donors (Lipinski definition) is 1. The summed E-state index contributed by atoms with van der Waals surface area (Å²) in [6.45, 7) is 5.96. The first kappa shape index (κ1) is 23.8. The van der Waals surface area contributed by atoms with Crippen LogP contribution in [0.2, 0.25) is 0 Å². The van der Waals surface area contributed by atoms with E-state index in [0.29, 0.717) is 25.4 Å². The van der Waals surface area contributed by atoms with Crippen molar-refractivity contribution in [2.24, 2.45) is 5.92 Å². The molecular weight excluding hydrogens is 418 g/mol. The fourth-order valence-electron chi connectivity index (χ4n) is 4.52. The summed E-state index contributed by atoms with van der Waals surface area (Å²) < 4.78 is 11.2. The van der Waals surface area contributed by atoms with Crippen molar-refractivity contribution in [1.82, 2.24) is 10.1 Å². The molecule has 0 spiro atoms. The first-order chi connectivity index (χ1) is 16.1. The summed E-state index contributed by atoms with van der Waals surface area (Å²) in [7, 11) is 0. The van der Waals surface area contributed by atoms with Gasteiger partial charge in [0.05, 0.1) is 5.56 Å². The monoisotopic (exact) mass is 455 g/mol. The van der Waals surface area contributed by atoms with E-state index in [1.807, 2.05) is 25.1 Å². The predicted molar refractivity (Wildman–Crippen MR) is 128 cm³/mol. The number of piperidine rings is 1. The second kappa shape index (κ2) is 11.7. The molecule has 1 N–H and O–H groups in total. The maximum Gasteiger partial charge on any atom is 0.305 e. The second-order valence-corrected chi connectivity index (χ2v) is 9.45. The number of nitrogens with zero attached hydrogens (tertiary/aromatic N) is 3. The van der Waals surface area contributed by atoms with E-state index in [2.05, 4.69) is 27.1 Å². The van der Waals surface area contributed by atoms with Crippen molar-refractivity contribution >= 4 is 11.9 Å². The Labute approximate surface area is 196 Å². The lowest BCUT2D eigenvalue weighted by Gasteiger charge is -2.29. The van der Waals surface area contributed by atoms with Crippen LogP contribution in [0.3, 0.4) is 0 Å². The summed E-state index contributed by atoms with van der Waals surface area (Å²) >= 11 is 0. The lowest BCUT2D eigenvalue weighted by molar-refractivity contribution is -0.147. The van der Waals surface area contributed by atoms with Gasteiger partial charge in [-0.3, -0.25) is 9.69 Å². The van der Waals surface area contributed by atoms with Gasteiger partial charge in [-0.05, 0) is 44.4 Å². The van der Waals surface area contributed by atoms with E-state index in [-0.39, 0.29) is 12.6 Å². The molecule has 2 aliphatic rings. The molecule has 0 radical (unpaired) electrons. The number of hydrogen-bond acceptors (Lipinski definition) is 7. The van der Waals surface area contributed by atoms with E-state index >= 15 is 0 Å². The molecule has 2 aromatic rings. The summed E-state index contributed by atoms with van der Waals surface area (Å²) in [5, 5.41) is 15.1. The fourth-order valence-corrected chi connectivity index (χ4v) is 4.52. The van der Waals surface area contributed by atoms with E-state index in [1.54, 1.807) is 0 Å². The summed E-state index contributed by atoms with van der Waals surface area (Å²) in [5.74, 6) is 1.28. The first-order valence-electron chi connectivity index (χ1n) is 12.5. The minimum absolute atomic E-state index is 0.0359. The zero-order valence-corrected chi connectivity index (χ0v) is 19.7. The summed E-state index contributed by atoms with van der Waals surface area (Å²) in [4.78, 5) is 16.3. The molecule has 1 atom stereocenters. The van der Waals surface area contributed by atoms with Crippen LogP contribution >= 0.6 is 0 Å². The van der Waals surface area contributed by atoms with Crippen LogP contribution in [0.1, 0.15) is 57.4 Å². The van der Waals surface area contributed by atoms with Crippen molar-refractivity contribution in [2.45, 2.75) is 64.5 Å². The average Bonchev–Trinajstić information content (AvgIpc) is 3.55. The molecule has 0 bridgehead atoms. The fraction of sp³-hybridized carbons (Fsp3) is 0.615. The smallest absolute Gasteiger partial charge is 0.305 e. The van der Waals surface area contributed by atoms with Crippen LogP contribution in [-0.4, -0.2) is 60.0 Å². The van der Waals surface area contributed by atoms with Crippen LogP contribution in [0.15, 0.2) is 34.9 Å². The highest BCUT2D eigenvalue weighted by Crippen LogP contribution is 2.35. The molecule has 2 fully saturated rings. The highest BCUT2D eigenvalue weighted by atomic mass is 16.5. The van der Waals surface area contributed by atoms with Crippen LogP contribution < -0.4 is 4.90 Å². The van der Waals surface area contributed by atoms with E-state index < -0.39 is 6.10 Å². The Bertz CT molecular complexity index is 875. The number of aromatic nitrogens is 1. The Balaban J connectivity index is 1.52. The number of anilines is 1. The van der Waals surface area contributed by atoms with Gasteiger partial charge in [0.1, 0.15) is 18.4 Å². The number of benzene rings is 1. The molecular formula is C26H37N3O4. The van der Waals surface area contributed by atoms with Crippen molar-refractivity contribution < 1.29 is 19.2 Å². The highest BCUT2D eigenvalue weighted by Gasteiger charge is 2.30. The Hall–Kier alpha value is -2.38. The van der Waals surface area contributed by atoms with E-state index in [1.165, 1.54) is 19.3 Å². The molecule has 7 heteroatoms. The van der Waals surface area contributed by atoms with Gasteiger partial charge < -0.3 is 19.3 Å². The summed E-state index contributed by atoms with van der Waals surface area (Å²) in [6.07, 6.45) is 6.45. The van der Waals surface area contributed by atoms with Crippen molar-refractivity contribution in [3.63, 3.8) is 0 Å². The number of carbonyl (C=O) groups excluding carboxylic acids is 1. The second-order valence-electron chi connectivity index (χ2n) is 9.45. The van der Waals surface area contributed by atoms with Gasteiger partial charge in [-0.2, -0.15) is 0 Å². The van der Waals surface area contributed by atoms with Crippen LogP contribution in [0, 0.1) is 5.92 Å². The van der Waals surface area contributed by atoms with E-state index in [0.717, 1.165) is 61.6 Å². The van der Waals surface area contributed by atoms with Crippen molar-refractivity contribution in [3.05, 3.63) is 35.9 Å². The van der Waals surface area contributed by atoms with Gasteiger partial charge in [-0.1, -0.05) is 42.4 Å². The first-order valence-corrected chi connectivity index (χ1v) is 12.5. The number of rotatable bonds is 12. The topological polar surface area (TPSA) is 79.0 Å². The van der Waals surface area contributed by atoms with Gasteiger partial charge in [-0.15, -0.1) is 0 Å². The molecule has 0 unspecified atom stereocenters. The summed E-state index contributed by atoms with van der Waals surface area (Å²) in [5.41, 5.74) is 3.00. The molecule has 1 aliphatic heterocycles. The Kier molecular flexibility index (Phi) is 8.40. The lowest BCUT2D eigenvalue weighted by Crippen LogP contribution is -2.37. The standard InChI is InChI=1S/C26H37N3O4/c1-2-9-24(31)32-19-22(30)17-28(16-20-12-13-20)18-23-25(21-10-5-3-6-11-21)27-33-26(23)29-14-7-4-8-15-29/h3,5-6,10-11,20,22,30H,2,4,7-9,12-19H2,1H3/t22-/m1/s1. The summed E-state index contributed by atoms with van der Waals surface area (Å²) in [6, 6.07) is 10.2. The molecule has 33 heavy (non-hydrogen) atoms. The lowest BCUT2D eigenvalue weighted by atomic mass is 10.1. The Morgan fingerprint density at radius 2 is 2.00 bits per heavy atom. The maximum absolute atomic E-state index is 11.7. The molecule has 0 amide bonds. The number of aliphatic hydroxyl groups excluding tert-OH is 1. The predicted octanol–water partition coefficient (Wildman–Crippen LogP) is 4.25. The third kappa shape index (κ3) is 6.81. The van der Waals surface area contributed by atoms with Crippen molar-refractivity contribution in [2.75, 3.05) is 37.7 Å². The Morgan fingerprint density at radius 1 is 1.24 bits per heavy atom. The van der Waals surface area contributed by atoms with Gasteiger partial charge >= 0.3 is 5.97 Å². The molecule has 4 rings (SSSR count). The van der Waals surface area contributed by atoms with Gasteiger partial charge in [0.15, 0.2) is 0 Å². The van der Waals surface area contributed by atoms with Crippen LogP contribution in [0.4, 0.5) is 5.88 Å². The number of carbonyl (C=O) groups is 1. The van der Waals surface area contributed by atoms with Crippen molar-refractivity contribution in [3.8, 4) is 11.3 Å². The Morgan fingerprint density at radius 3 is 2.70 bits per heavy atom. The van der Waals surface area contributed by atoms with Gasteiger partial charge in [0, 0.05) is 44.7 Å². The minimum Gasteiger partial charge on any atom is -0.463 e. The molecule has 1 aliphatic carbocycles. The molecule has 7 nitrogen and oxygen atoms in total. The molecule has 1 aromatic carbocycles. The SMILES string of the molecule is CCCC(=O)OC[C@H](O)CN(Cc1c(-c2ccccc2)noc1N1CCCCC1)CC1CC1. The molecule has 1 saturated heterocycles. The van der Waals surface area contributed by atoms with Gasteiger partial charge in [0.25, 0.3) is 0 Å². The van der Waals surface area contributed by atoms with Crippen LogP contribution in [-0.2, 0) is 16.1 Å². The largest absolute Gasteiger partial charge is 0.463 e. The maximum atomic E-state index is 11.7. The van der Waals surface area contributed by atoms with E-state index in [4.69, 9.17) is 9.26 Å². The third-order valence-corrected chi connectivity index (χ3v) is 6.41. The zero-order chi connectivity index (χ0) is 23.0. The number of ether oxygens (including phenoxy) is 1. The molecule has 2 heterocycles. The van der Waals surface area contributed by atoms with Crippen LogP contribution in [0.25, 0.3) is 11.3 Å². The quantitative estimate of drug-likeness (QED) is 0.479. The van der Waals surface area contributed by atoms with Crippen LogP contribution in [0.5, 0.6) is 0 Å². The van der Waals surface area contributed by atoms with Gasteiger partial charge in [0.2, 0.25) is 5.88 Å². The number of aliphatic hydroxyl groups is 1. The molecule has 180 valence electrons. The minimum atomic E-state index is -0.719.